The molecule has 1 spiro atoms. The van der Waals surface area contributed by atoms with Crippen LogP contribution in [0, 0.1) is 0 Å². The molecule has 146 valence electrons. The second-order valence-corrected chi connectivity index (χ2v) is 8.42. The largest absolute Gasteiger partial charge is 0.493 e. The minimum atomic E-state index is -0.236. The molecule has 2 aliphatic heterocycles. The lowest BCUT2D eigenvalue weighted by atomic mass is 9.79. The molecule has 1 aromatic heterocycles. The maximum atomic E-state index is 6.41. The number of anilines is 1. The van der Waals surface area contributed by atoms with Crippen molar-refractivity contribution in [3.8, 4) is 11.5 Å². The topological polar surface area (TPSA) is 43.8 Å². The van der Waals surface area contributed by atoms with Gasteiger partial charge < -0.3 is 19.1 Å². The van der Waals surface area contributed by atoms with Crippen LogP contribution in [0.5, 0.6) is 11.5 Å². The second kappa shape index (κ2) is 6.94. The number of fused-ring (bicyclic) bond motifs is 3. The summed E-state index contributed by atoms with van der Waals surface area (Å²) in [6.07, 6.45) is 2.82. The number of benzene rings is 2. The van der Waals surface area contributed by atoms with Gasteiger partial charge in [0.15, 0.2) is 16.6 Å². The molecule has 1 saturated heterocycles. The highest BCUT2D eigenvalue weighted by atomic mass is 32.1. The average Bonchev–Trinajstić information content (AvgIpc) is 3.18. The molecule has 0 radical (unpaired) electrons. The van der Waals surface area contributed by atoms with Gasteiger partial charge >= 0.3 is 0 Å². The zero-order chi connectivity index (χ0) is 19.1. The van der Waals surface area contributed by atoms with Crippen LogP contribution in [0.2, 0.25) is 0 Å². The third-order valence-electron chi connectivity index (χ3n) is 5.97. The summed E-state index contributed by atoms with van der Waals surface area (Å²) in [7, 11) is 3.38. The molecule has 0 saturated carbocycles. The predicted molar refractivity (Wildman–Crippen MR) is 112 cm³/mol. The Bertz CT molecular complexity index is 975. The van der Waals surface area contributed by atoms with Crippen LogP contribution in [-0.2, 0) is 16.8 Å². The maximum Gasteiger partial charge on any atom is 0.186 e. The third-order valence-corrected chi connectivity index (χ3v) is 7.07. The first-order valence-electron chi connectivity index (χ1n) is 9.72. The van der Waals surface area contributed by atoms with Gasteiger partial charge in [-0.2, -0.15) is 0 Å². The highest BCUT2D eigenvalue weighted by molar-refractivity contribution is 7.22. The van der Waals surface area contributed by atoms with Crippen LogP contribution in [0.4, 0.5) is 5.13 Å². The molecule has 6 heteroatoms. The van der Waals surface area contributed by atoms with E-state index in [1.165, 1.54) is 15.8 Å². The second-order valence-electron chi connectivity index (χ2n) is 7.41. The summed E-state index contributed by atoms with van der Waals surface area (Å²) in [6.45, 7) is 2.63. The Morgan fingerprint density at radius 1 is 1.07 bits per heavy atom. The van der Waals surface area contributed by atoms with E-state index in [-0.39, 0.29) is 5.60 Å². The molecular formula is C22H24N2O3S. The Kier molecular flexibility index (Phi) is 4.40. The first-order chi connectivity index (χ1) is 13.7. The van der Waals surface area contributed by atoms with Crippen molar-refractivity contribution in [1.82, 2.24) is 4.98 Å². The zero-order valence-electron chi connectivity index (χ0n) is 16.2. The van der Waals surface area contributed by atoms with Crippen LogP contribution < -0.4 is 14.4 Å². The fraction of sp³-hybridized carbons (Fsp3) is 0.409. The first-order valence-corrected chi connectivity index (χ1v) is 10.5. The van der Waals surface area contributed by atoms with Crippen molar-refractivity contribution in [1.29, 1.82) is 0 Å². The first kappa shape index (κ1) is 17.8. The number of methoxy groups -OCH3 is 2. The number of thiazole rings is 1. The van der Waals surface area contributed by atoms with Gasteiger partial charge in [-0.15, -0.1) is 0 Å². The molecule has 1 fully saturated rings. The number of hydrogen-bond acceptors (Lipinski definition) is 6. The normalized spacial score (nSPS) is 18.3. The van der Waals surface area contributed by atoms with E-state index in [0.29, 0.717) is 0 Å². The van der Waals surface area contributed by atoms with Gasteiger partial charge in [0.25, 0.3) is 0 Å². The highest BCUT2D eigenvalue weighted by Crippen LogP contribution is 2.46. The molecule has 0 atom stereocenters. The number of nitrogens with zero attached hydrogens (tertiary/aromatic N) is 2. The lowest BCUT2D eigenvalue weighted by Gasteiger charge is -2.45. The molecule has 2 aliphatic rings. The summed E-state index contributed by atoms with van der Waals surface area (Å²) in [6, 6.07) is 12.6. The fourth-order valence-corrected chi connectivity index (χ4v) is 5.47. The number of para-hydroxylation sites is 1. The van der Waals surface area contributed by atoms with Gasteiger partial charge in [0.2, 0.25) is 0 Å². The summed E-state index contributed by atoms with van der Waals surface area (Å²) in [4.78, 5) is 7.23. The average molecular weight is 397 g/mol. The van der Waals surface area contributed by atoms with Crippen LogP contribution in [0.15, 0.2) is 36.4 Å². The molecule has 3 heterocycles. The Labute approximate surface area is 168 Å². The number of piperidine rings is 1. The van der Waals surface area contributed by atoms with Crippen LogP contribution in [0.3, 0.4) is 0 Å². The van der Waals surface area contributed by atoms with Gasteiger partial charge in [-0.05, 0) is 54.7 Å². The van der Waals surface area contributed by atoms with Gasteiger partial charge in [-0.25, -0.2) is 4.98 Å². The summed E-state index contributed by atoms with van der Waals surface area (Å²) < 4.78 is 18.7. The van der Waals surface area contributed by atoms with E-state index < -0.39 is 0 Å². The molecular weight excluding hydrogens is 372 g/mol. The Morgan fingerprint density at radius 2 is 1.82 bits per heavy atom. The van der Waals surface area contributed by atoms with E-state index in [0.717, 1.165) is 61.1 Å². The van der Waals surface area contributed by atoms with Crippen LogP contribution in [0.1, 0.15) is 24.0 Å². The molecule has 0 aliphatic carbocycles. The van der Waals surface area contributed by atoms with Crippen LogP contribution in [-0.4, -0.2) is 38.9 Å². The summed E-state index contributed by atoms with van der Waals surface area (Å²) in [5.41, 5.74) is 3.43. The van der Waals surface area contributed by atoms with Crippen molar-refractivity contribution in [3.63, 3.8) is 0 Å². The monoisotopic (exact) mass is 396 g/mol. The van der Waals surface area contributed by atoms with Crippen LogP contribution >= 0.6 is 11.3 Å². The van der Waals surface area contributed by atoms with E-state index >= 15 is 0 Å². The molecule has 0 N–H and O–H groups in total. The quantitative estimate of drug-likeness (QED) is 0.657. The van der Waals surface area contributed by atoms with Gasteiger partial charge in [-0.1, -0.05) is 23.5 Å². The molecule has 28 heavy (non-hydrogen) atoms. The number of aromatic nitrogens is 1. The molecule has 5 rings (SSSR count). The minimum absolute atomic E-state index is 0.236. The van der Waals surface area contributed by atoms with E-state index in [2.05, 4.69) is 35.2 Å². The minimum Gasteiger partial charge on any atom is -0.493 e. The Morgan fingerprint density at radius 3 is 2.57 bits per heavy atom. The smallest absolute Gasteiger partial charge is 0.186 e. The summed E-state index contributed by atoms with van der Waals surface area (Å²) >= 11 is 1.77. The van der Waals surface area contributed by atoms with E-state index in [1.807, 2.05) is 6.07 Å². The summed E-state index contributed by atoms with van der Waals surface area (Å²) in [5.74, 6) is 1.57. The van der Waals surface area contributed by atoms with Crippen LogP contribution in [0.25, 0.3) is 10.2 Å². The Balaban J connectivity index is 1.43. The Hall–Kier alpha value is -2.31. The van der Waals surface area contributed by atoms with Crippen molar-refractivity contribution in [2.45, 2.75) is 24.9 Å². The van der Waals surface area contributed by atoms with Gasteiger partial charge in [0.05, 0.1) is 36.6 Å². The van der Waals surface area contributed by atoms with Crippen molar-refractivity contribution < 1.29 is 14.2 Å². The zero-order valence-corrected chi connectivity index (χ0v) is 17.1. The van der Waals surface area contributed by atoms with Crippen molar-refractivity contribution >= 4 is 26.7 Å². The molecule has 0 amide bonds. The molecule has 5 nitrogen and oxygen atoms in total. The standard InChI is InChI=1S/C22H24N2O3S/c1-25-18-13-15-7-12-27-22(16(15)14-19(18)26-2)8-10-24(11-9-22)21-23-17-5-3-4-6-20(17)28-21/h3-6,13-14H,7-12H2,1-2H3. The van der Waals surface area contributed by atoms with Crippen molar-refractivity contribution in [2.24, 2.45) is 0 Å². The predicted octanol–water partition coefficient (Wildman–Crippen LogP) is 4.38. The van der Waals surface area contributed by atoms with Crippen molar-refractivity contribution in [3.05, 3.63) is 47.5 Å². The number of ether oxygens (including phenoxy) is 3. The molecule has 0 bridgehead atoms. The van der Waals surface area contributed by atoms with E-state index in [1.54, 1.807) is 25.6 Å². The van der Waals surface area contributed by atoms with E-state index in [4.69, 9.17) is 19.2 Å². The van der Waals surface area contributed by atoms with Crippen molar-refractivity contribution in [2.75, 3.05) is 38.8 Å². The SMILES string of the molecule is COc1cc2c(cc1OC)C1(CCN(c3nc4ccccc4s3)CC1)OCC2. The van der Waals surface area contributed by atoms with Gasteiger partial charge in [0, 0.05) is 13.1 Å². The van der Waals surface area contributed by atoms with Gasteiger partial charge in [0.1, 0.15) is 0 Å². The number of rotatable bonds is 3. The maximum absolute atomic E-state index is 6.41. The lowest BCUT2D eigenvalue weighted by molar-refractivity contribution is -0.0767. The molecule has 2 aromatic carbocycles. The molecule has 0 unspecified atom stereocenters. The summed E-state index contributed by atoms with van der Waals surface area (Å²) in [5, 5.41) is 1.11. The third kappa shape index (κ3) is 2.83. The highest BCUT2D eigenvalue weighted by Gasteiger charge is 2.42. The molecule has 3 aromatic rings. The number of hydrogen-bond donors (Lipinski definition) is 0. The van der Waals surface area contributed by atoms with E-state index in [9.17, 15) is 0 Å². The fourth-order valence-electron chi connectivity index (χ4n) is 4.45. The lowest BCUT2D eigenvalue weighted by Crippen LogP contribution is -2.46. The van der Waals surface area contributed by atoms with Gasteiger partial charge in [-0.3, -0.25) is 0 Å².